The average molecular weight is 349 g/mol. The van der Waals surface area contributed by atoms with Gasteiger partial charge in [-0.05, 0) is 55.5 Å². The fraction of sp³-hybridized carbons (Fsp3) is 0.0714. The number of benzene rings is 1. The van der Waals surface area contributed by atoms with E-state index in [1.165, 1.54) is 0 Å². The normalized spacial score (nSPS) is 11.0. The molecule has 2 N–H and O–H groups in total. The second kappa shape index (κ2) is 7.12. The molecule has 2 rings (SSSR count). The zero-order chi connectivity index (χ0) is 14.4. The van der Waals surface area contributed by atoms with Crippen LogP contribution in [0.5, 0.6) is 0 Å². The molecule has 0 aliphatic rings. The molecule has 0 spiro atoms. The van der Waals surface area contributed by atoms with Crippen molar-refractivity contribution in [1.82, 2.24) is 10.4 Å². The van der Waals surface area contributed by atoms with E-state index >= 15 is 0 Å². The van der Waals surface area contributed by atoms with Gasteiger partial charge in [-0.1, -0.05) is 22.0 Å². The maximum atomic E-state index is 5.18. The number of nitrogens with one attached hydrogen (secondary N) is 2. The van der Waals surface area contributed by atoms with Crippen molar-refractivity contribution in [2.75, 3.05) is 5.32 Å². The molecule has 0 saturated heterocycles. The van der Waals surface area contributed by atoms with Crippen LogP contribution in [0, 0.1) is 0 Å². The molecule has 0 aliphatic carbocycles. The molecular formula is C14H13BrN4S. The Balaban J connectivity index is 1.93. The van der Waals surface area contributed by atoms with Gasteiger partial charge in [-0.2, -0.15) is 5.10 Å². The number of hydrogen-bond donors (Lipinski definition) is 2. The Labute approximate surface area is 131 Å². The quantitative estimate of drug-likeness (QED) is 0.505. The lowest BCUT2D eigenvalue weighted by molar-refractivity contribution is 1.03. The molecule has 0 fully saturated rings. The molecule has 102 valence electrons. The highest BCUT2D eigenvalue weighted by Crippen LogP contribution is 2.13. The van der Waals surface area contributed by atoms with Gasteiger partial charge in [-0.3, -0.25) is 10.4 Å². The Morgan fingerprint density at radius 3 is 2.60 bits per heavy atom. The van der Waals surface area contributed by atoms with Gasteiger partial charge in [0.15, 0.2) is 5.11 Å². The van der Waals surface area contributed by atoms with Crippen LogP contribution < -0.4 is 10.7 Å². The van der Waals surface area contributed by atoms with Gasteiger partial charge in [0.2, 0.25) is 0 Å². The summed E-state index contributed by atoms with van der Waals surface area (Å²) in [5.74, 6) is 0. The number of anilines is 1. The lowest BCUT2D eigenvalue weighted by Gasteiger charge is -2.07. The van der Waals surface area contributed by atoms with Crippen molar-refractivity contribution in [2.45, 2.75) is 6.92 Å². The standard InChI is InChI=1S/C14H13BrN4S/c1-10(13-4-2-3-9-16-13)18-19-14(20)17-12-7-5-11(15)6-8-12/h2-9H,1H3,(H2,17,19,20)/b18-10+. The van der Waals surface area contributed by atoms with Crippen LogP contribution in [-0.2, 0) is 0 Å². The highest BCUT2D eigenvalue weighted by molar-refractivity contribution is 9.10. The molecule has 0 unspecified atom stereocenters. The smallest absolute Gasteiger partial charge is 0.191 e. The van der Waals surface area contributed by atoms with Gasteiger partial charge in [0.25, 0.3) is 0 Å². The van der Waals surface area contributed by atoms with Gasteiger partial charge in [0.05, 0.1) is 11.4 Å². The van der Waals surface area contributed by atoms with E-state index in [0.717, 1.165) is 21.6 Å². The number of thiocarbonyl (C=S) groups is 1. The second-order valence-corrected chi connectivity index (χ2v) is 5.31. The van der Waals surface area contributed by atoms with E-state index in [1.54, 1.807) is 6.20 Å². The van der Waals surface area contributed by atoms with Crippen molar-refractivity contribution in [2.24, 2.45) is 5.10 Å². The van der Waals surface area contributed by atoms with Gasteiger partial charge in [0, 0.05) is 16.4 Å². The summed E-state index contributed by atoms with van der Waals surface area (Å²) in [6.07, 6.45) is 1.73. The molecule has 1 aromatic carbocycles. The Bertz CT molecular complexity index is 611. The zero-order valence-electron chi connectivity index (χ0n) is 10.8. The molecule has 1 aromatic heterocycles. The van der Waals surface area contributed by atoms with E-state index in [-0.39, 0.29) is 0 Å². The van der Waals surface area contributed by atoms with E-state index in [4.69, 9.17) is 12.2 Å². The summed E-state index contributed by atoms with van der Waals surface area (Å²) >= 11 is 8.56. The highest BCUT2D eigenvalue weighted by atomic mass is 79.9. The molecule has 4 nitrogen and oxygen atoms in total. The minimum Gasteiger partial charge on any atom is -0.331 e. The predicted molar refractivity (Wildman–Crippen MR) is 89.9 cm³/mol. The SMILES string of the molecule is C/C(=N\NC(=S)Nc1ccc(Br)cc1)c1ccccn1. The molecule has 6 heteroatoms. The van der Waals surface area contributed by atoms with E-state index in [1.807, 2.05) is 49.4 Å². The summed E-state index contributed by atoms with van der Waals surface area (Å²) in [6.45, 7) is 1.87. The summed E-state index contributed by atoms with van der Waals surface area (Å²) in [5.41, 5.74) is 5.28. The first-order valence-corrected chi connectivity index (χ1v) is 7.13. The van der Waals surface area contributed by atoms with Crippen molar-refractivity contribution >= 4 is 44.7 Å². The number of rotatable bonds is 3. The third-order valence-corrected chi connectivity index (χ3v) is 3.18. The van der Waals surface area contributed by atoms with Crippen molar-refractivity contribution in [3.8, 4) is 0 Å². The lowest BCUT2D eigenvalue weighted by atomic mass is 10.3. The molecule has 0 saturated carbocycles. The van der Waals surface area contributed by atoms with E-state index in [9.17, 15) is 0 Å². The first kappa shape index (κ1) is 14.6. The van der Waals surface area contributed by atoms with Crippen molar-refractivity contribution in [3.05, 3.63) is 58.8 Å². The molecule has 20 heavy (non-hydrogen) atoms. The molecule has 0 radical (unpaired) electrons. The third-order valence-electron chi connectivity index (χ3n) is 2.46. The van der Waals surface area contributed by atoms with Gasteiger partial charge in [0.1, 0.15) is 0 Å². The molecule has 0 amide bonds. The van der Waals surface area contributed by atoms with Gasteiger partial charge in [-0.15, -0.1) is 0 Å². The number of nitrogens with zero attached hydrogens (tertiary/aromatic N) is 2. The van der Waals surface area contributed by atoms with Crippen molar-refractivity contribution in [3.63, 3.8) is 0 Å². The average Bonchev–Trinajstić information content (AvgIpc) is 2.48. The molecule has 0 aliphatic heterocycles. The zero-order valence-corrected chi connectivity index (χ0v) is 13.2. The van der Waals surface area contributed by atoms with Crippen LogP contribution in [0.2, 0.25) is 0 Å². The van der Waals surface area contributed by atoms with Gasteiger partial charge >= 0.3 is 0 Å². The van der Waals surface area contributed by atoms with Crippen LogP contribution in [0.3, 0.4) is 0 Å². The highest BCUT2D eigenvalue weighted by Gasteiger charge is 1.99. The number of halogens is 1. The first-order valence-electron chi connectivity index (χ1n) is 5.93. The number of hydrogen-bond acceptors (Lipinski definition) is 3. The maximum absolute atomic E-state index is 5.18. The number of aromatic nitrogens is 1. The Kier molecular flexibility index (Phi) is 5.20. The van der Waals surface area contributed by atoms with Crippen LogP contribution in [0.15, 0.2) is 58.2 Å². The Hall–Kier alpha value is -1.79. The van der Waals surface area contributed by atoms with Crippen LogP contribution in [0.1, 0.15) is 12.6 Å². The first-order chi connectivity index (χ1) is 9.65. The lowest BCUT2D eigenvalue weighted by Crippen LogP contribution is -2.25. The Morgan fingerprint density at radius 2 is 1.95 bits per heavy atom. The fourth-order valence-corrected chi connectivity index (χ4v) is 1.89. The van der Waals surface area contributed by atoms with Crippen LogP contribution >= 0.6 is 28.1 Å². The van der Waals surface area contributed by atoms with E-state index in [2.05, 4.69) is 36.8 Å². The second-order valence-electron chi connectivity index (χ2n) is 3.99. The number of pyridine rings is 1. The summed E-state index contributed by atoms with van der Waals surface area (Å²) in [4.78, 5) is 4.21. The van der Waals surface area contributed by atoms with Gasteiger partial charge in [-0.25, -0.2) is 0 Å². The summed E-state index contributed by atoms with van der Waals surface area (Å²) < 4.78 is 1.02. The Morgan fingerprint density at radius 1 is 1.20 bits per heavy atom. The fourth-order valence-electron chi connectivity index (χ4n) is 1.46. The minimum atomic E-state index is 0.433. The van der Waals surface area contributed by atoms with Crippen LogP contribution in [0.4, 0.5) is 5.69 Å². The largest absolute Gasteiger partial charge is 0.331 e. The minimum absolute atomic E-state index is 0.433. The van der Waals surface area contributed by atoms with Crippen molar-refractivity contribution < 1.29 is 0 Å². The summed E-state index contributed by atoms with van der Waals surface area (Å²) in [7, 11) is 0. The summed E-state index contributed by atoms with van der Waals surface area (Å²) in [6, 6.07) is 13.4. The maximum Gasteiger partial charge on any atom is 0.191 e. The van der Waals surface area contributed by atoms with Crippen molar-refractivity contribution in [1.29, 1.82) is 0 Å². The monoisotopic (exact) mass is 348 g/mol. The molecular weight excluding hydrogens is 336 g/mol. The molecule has 1 heterocycles. The molecule has 2 aromatic rings. The molecule has 0 atom stereocenters. The van der Waals surface area contributed by atoms with Crippen LogP contribution in [0.25, 0.3) is 0 Å². The third kappa shape index (κ3) is 4.40. The summed E-state index contributed by atoms with van der Waals surface area (Å²) in [5, 5.41) is 7.68. The van der Waals surface area contributed by atoms with E-state index < -0.39 is 0 Å². The van der Waals surface area contributed by atoms with E-state index in [0.29, 0.717) is 5.11 Å². The van der Waals surface area contributed by atoms with Crippen LogP contribution in [-0.4, -0.2) is 15.8 Å². The number of hydrazone groups is 1. The topological polar surface area (TPSA) is 49.3 Å². The van der Waals surface area contributed by atoms with Gasteiger partial charge < -0.3 is 5.32 Å². The predicted octanol–water partition coefficient (Wildman–Crippen LogP) is 3.55. The molecule has 0 bridgehead atoms.